The minimum atomic E-state index is -4.88. The van der Waals surface area contributed by atoms with Crippen molar-refractivity contribution in [2.24, 2.45) is 0 Å². The number of aldehydes is 1. The first-order valence-corrected chi connectivity index (χ1v) is 5.38. The smallest absolute Gasteiger partial charge is 0.481 e. The molecule has 0 unspecified atom stereocenters. The molecule has 0 amide bonds. The maximum absolute atomic E-state index is 12.1. The van der Waals surface area contributed by atoms with Crippen LogP contribution in [0.5, 0.6) is 11.6 Å². The first-order chi connectivity index (χ1) is 7.91. The maximum Gasteiger partial charge on any atom is 0.573 e. The third-order valence-electron chi connectivity index (χ3n) is 1.76. The number of carbonyl (C=O) groups excluding carboxylic acids is 1. The van der Waals surface area contributed by atoms with Gasteiger partial charge in [-0.2, -0.15) is 0 Å². The zero-order valence-corrected chi connectivity index (χ0v) is 10.1. The van der Waals surface area contributed by atoms with Crippen LogP contribution in [0.4, 0.5) is 13.2 Å². The lowest BCUT2D eigenvalue weighted by molar-refractivity contribution is -0.274. The van der Waals surface area contributed by atoms with Crippen molar-refractivity contribution in [3.8, 4) is 11.6 Å². The second kappa shape index (κ2) is 5.35. The Bertz CT molecular complexity index is 423. The molecule has 0 N–H and O–H groups in total. The molecule has 0 aliphatic heterocycles. The van der Waals surface area contributed by atoms with Gasteiger partial charge in [0.05, 0.1) is 18.4 Å². The van der Waals surface area contributed by atoms with Crippen LogP contribution in [0.3, 0.4) is 0 Å². The van der Waals surface area contributed by atoms with E-state index in [0.29, 0.717) is 0 Å². The van der Waals surface area contributed by atoms with Crippen molar-refractivity contribution >= 4 is 22.2 Å². The number of hydrogen-bond donors (Lipinski definition) is 0. The molecule has 0 spiro atoms. The molecule has 8 heteroatoms. The summed E-state index contributed by atoms with van der Waals surface area (Å²) in [5.74, 6) is -0.696. The van der Waals surface area contributed by atoms with Crippen molar-refractivity contribution in [1.82, 2.24) is 4.98 Å². The number of rotatable bonds is 4. The lowest BCUT2D eigenvalue weighted by Crippen LogP contribution is -2.19. The second-order valence-corrected chi connectivity index (χ2v) is 3.38. The molecule has 0 aromatic carbocycles. The number of halogens is 4. The highest BCUT2D eigenvalue weighted by molar-refractivity contribution is 9.08. The molecule has 0 fully saturated rings. The van der Waals surface area contributed by atoms with Crippen LogP contribution in [0.2, 0.25) is 0 Å². The molecule has 0 saturated carbocycles. The van der Waals surface area contributed by atoms with Crippen molar-refractivity contribution in [1.29, 1.82) is 0 Å². The Balaban J connectivity index is 3.29. The van der Waals surface area contributed by atoms with Crippen LogP contribution in [0, 0.1) is 0 Å². The van der Waals surface area contributed by atoms with E-state index < -0.39 is 12.1 Å². The number of carbonyl (C=O) groups is 1. The molecule has 0 atom stereocenters. The summed E-state index contributed by atoms with van der Waals surface area (Å²) in [6, 6.07) is 0.906. The Hall–Kier alpha value is -1.31. The Kier molecular flexibility index (Phi) is 4.33. The van der Waals surface area contributed by atoms with E-state index in [1.807, 2.05) is 0 Å². The van der Waals surface area contributed by atoms with Crippen molar-refractivity contribution in [2.45, 2.75) is 11.7 Å². The highest BCUT2D eigenvalue weighted by atomic mass is 79.9. The largest absolute Gasteiger partial charge is 0.573 e. The maximum atomic E-state index is 12.1. The van der Waals surface area contributed by atoms with Gasteiger partial charge in [0.25, 0.3) is 0 Å². The minimum absolute atomic E-state index is 0.0655. The Morgan fingerprint density at radius 2 is 2.18 bits per heavy atom. The average Bonchev–Trinajstić information content (AvgIpc) is 2.25. The first kappa shape index (κ1) is 13.8. The fourth-order valence-corrected chi connectivity index (χ4v) is 1.53. The Morgan fingerprint density at radius 3 is 2.59 bits per heavy atom. The molecule has 1 heterocycles. The quantitative estimate of drug-likeness (QED) is 0.633. The molecule has 94 valence electrons. The van der Waals surface area contributed by atoms with Crippen LogP contribution in [-0.4, -0.2) is 24.7 Å². The highest BCUT2D eigenvalue weighted by Crippen LogP contribution is 2.30. The molecular formula is C9H7BrF3NO3. The number of hydrogen-bond acceptors (Lipinski definition) is 4. The summed E-state index contributed by atoms with van der Waals surface area (Å²) in [7, 11) is 1.25. The molecule has 1 rings (SSSR count). The van der Waals surface area contributed by atoms with Gasteiger partial charge >= 0.3 is 6.36 Å². The van der Waals surface area contributed by atoms with Crippen LogP contribution < -0.4 is 9.47 Å². The number of aromatic nitrogens is 1. The minimum Gasteiger partial charge on any atom is -0.481 e. The molecule has 0 bridgehead atoms. The topological polar surface area (TPSA) is 48.4 Å². The summed E-state index contributed by atoms with van der Waals surface area (Å²) >= 11 is 3.01. The number of pyridine rings is 1. The van der Waals surface area contributed by atoms with Crippen molar-refractivity contribution in [3.05, 3.63) is 17.3 Å². The standard InChI is InChI=1S/C9H7BrF3NO3/c1-16-8-2-7(17-9(11,12)13)5(4-15)6(3-10)14-8/h2,4H,3H2,1H3. The monoisotopic (exact) mass is 313 g/mol. The molecule has 4 nitrogen and oxygen atoms in total. The van der Waals surface area contributed by atoms with E-state index in [4.69, 9.17) is 4.74 Å². The Labute approximate surface area is 103 Å². The fourth-order valence-electron chi connectivity index (χ4n) is 1.10. The fraction of sp³-hybridized carbons (Fsp3) is 0.333. The summed E-state index contributed by atoms with van der Waals surface area (Å²) < 4.78 is 44.8. The predicted molar refractivity (Wildman–Crippen MR) is 55.5 cm³/mol. The number of nitrogens with zero attached hydrogens (tertiary/aromatic N) is 1. The second-order valence-electron chi connectivity index (χ2n) is 2.82. The van der Waals surface area contributed by atoms with Gasteiger partial charge in [0.1, 0.15) is 5.75 Å². The van der Waals surface area contributed by atoms with Crippen LogP contribution in [0.25, 0.3) is 0 Å². The summed E-state index contributed by atoms with van der Waals surface area (Å²) in [6.07, 6.45) is -4.63. The third-order valence-corrected chi connectivity index (χ3v) is 2.29. The number of methoxy groups -OCH3 is 1. The zero-order valence-electron chi connectivity index (χ0n) is 8.55. The summed E-state index contributed by atoms with van der Waals surface area (Å²) in [5.41, 5.74) is -0.154. The number of alkyl halides is 4. The highest BCUT2D eigenvalue weighted by Gasteiger charge is 2.33. The van der Waals surface area contributed by atoms with Gasteiger partial charge in [-0.3, -0.25) is 4.79 Å². The van der Waals surface area contributed by atoms with Gasteiger partial charge in [-0.25, -0.2) is 4.98 Å². The van der Waals surface area contributed by atoms with E-state index in [1.54, 1.807) is 0 Å². The molecular weight excluding hydrogens is 307 g/mol. The van der Waals surface area contributed by atoms with Crippen LogP contribution in [0.1, 0.15) is 16.1 Å². The zero-order chi connectivity index (χ0) is 13.1. The van der Waals surface area contributed by atoms with Crippen molar-refractivity contribution < 1.29 is 27.4 Å². The summed E-state index contributed by atoms with van der Waals surface area (Å²) in [5, 5.41) is 0.104. The SMILES string of the molecule is COc1cc(OC(F)(F)F)c(C=O)c(CBr)n1. The van der Waals surface area contributed by atoms with E-state index >= 15 is 0 Å². The molecule has 0 aliphatic rings. The van der Waals surface area contributed by atoms with Crippen LogP contribution in [0.15, 0.2) is 6.07 Å². The third kappa shape index (κ3) is 3.58. The lowest BCUT2D eigenvalue weighted by Gasteiger charge is -2.13. The average molecular weight is 314 g/mol. The van der Waals surface area contributed by atoms with Crippen molar-refractivity contribution in [2.75, 3.05) is 7.11 Å². The molecule has 17 heavy (non-hydrogen) atoms. The van der Waals surface area contributed by atoms with E-state index in [2.05, 4.69) is 25.7 Å². The molecule has 1 aromatic rings. The summed E-state index contributed by atoms with van der Waals surface area (Å²) in [6.45, 7) is 0. The van der Waals surface area contributed by atoms with E-state index in [9.17, 15) is 18.0 Å². The van der Waals surface area contributed by atoms with Gasteiger partial charge in [-0.05, 0) is 0 Å². The van der Waals surface area contributed by atoms with E-state index in [-0.39, 0.29) is 28.8 Å². The summed E-state index contributed by atoms with van der Waals surface area (Å²) in [4.78, 5) is 14.6. The molecule has 0 radical (unpaired) electrons. The van der Waals surface area contributed by atoms with Gasteiger partial charge in [-0.1, -0.05) is 15.9 Å². The molecule has 0 saturated heterocycles. The van der Waals surface area contributed by atoms with Crippen molar-refractivity contribution in [3.63, 3.8) is 0 Å². The Morgan fingerprint density at radius 1 is 1.53 bits per heavy atom. The van der Waals surface area contributed by atoms with E-state index in [0.717, 1.165) is 6.07 Å². The van der Waals surface area contributed by atoms with Gasteiger partial charge in [0, 0.05) is 11.4 Å². The van der Waals surface area contributed by atoms with Gasteiger partial charge in [-0.15, -0.1) is 13.2 Å². The van der Waals surface area contributed by atoms with E-state index in [1.165, 1.54) is 7.11 Å². The van der Waals surface area contributed by atoms with Gasteiger partial charge < -0.3 is 9.47 Å². The van der Waals surface area contributed by atoms with Crippen LogP contribution >= 0.6 is 15.9 Å². The normalized spacial score (nSPS) is 11.1. The molecule has 0 aliphatic carbocycles. The van der Waals surface area contributed by atoms with Gasteiger partial charge in [0.2, 0.25) is 5.88 Å². The van der Waals surface area contributed by atoms with Gasteiger partial charge in [0.15, 0.2) is 6.29 Å². The van der Waals surface area contributed by atoms with Crippen LogP contribution in [-0.2, 0) is 5.33 Å². The lowest BCUT2D eigenvalue weighted by atomic mass is 10.2. The predicted octanol–water partition coefficient (Wildman–Crippen LogP) is 2.70. The molecule has 1 aromatic heterocycles. The number of ether oxygens (including phenoxy) is 2. The first-order valence-electron chi connectivity index (χ1n) is 4.26.